The molecule has 0 saturated heterocycles. The molecule has 1 unspecified atom stereocenters. The number of ether oxygens (including phenoxy) is 1. The first kappa shape index (κ1) is 19.7. The van der Waals surface area contributed by atoms with E-state index < -0.39 is 18.7 Å². The minimum absolute atomic E-state index is 0.284. The predicted octanol–water partition coefficient (Wildman–Crippen LogP) is 1.21. The molecule has 0 aliphatic carbocycles. The fourth-order valence-electron chi connectivity index (χ4n) is 3.20. The van der Waals surface area contributed by atoms with Gasteiger partial charge in [0.2, 0.25) is 0 Å². The molecule has 9 heteroatoms. The number of aliphatic carboxylic acids is 1. The van der Waals surface area contributed by atoms with Crippen molar-refractivity contribution in [2.45, 2.75) is 6.17 Å². The lowest BCUT2D eigenvalue weighted by Crippen LogP contribution is -2.50. The third-order valence-electron chi connectivity index (χ3n) is 4.40. The number of para-hydroxylation sites is 2. The van der Waals surface area contributed by atoms with Crippen molar-refractivity contribution in [2.75, 3.05) is 12.4 Å². The quantitative estimate of drug-likeness (QED) is 0.679. The highest BCUT2D eigenvalue weighted by atomic mass is 32.2. The molecular weight excluding hydrogens is 404 g/mol. The smallest absolute Gasteiger partial charge is 0.341 e. The molecule has 0 saturated carbocycles. The van der Waals surface area contributed by atoms with Gasteiger partial charge in [-0.3, -0.25) is 15.1 Å². The Morgan fingerprint density at radius 1 is 1.27 bits per heavy atom. The molecule has 1 atom stereocenters. The van der Waals surface area contributed by atoms with Crippen molar-refractivity contribution >= 4 is 34.5 Å². The van der Waals surface area contributed by atoms with Gasteiger partial charge in [0, 0.05) is 16.5 Å². The molecule has 2 aliphatic heterocycles. The number of nitrogens with one attached hydrogen (secondary N) is 1. The molecule has 2 aliphatic rings. The van der Waals surface area contributed by atoms with E-state index in [2.05, 4.69) is 17.0 Å². The van der Waals surface area contributed by atoms with Crippen LogP contribution in [0.3, 0.4) is 0 Å². The maximum absolute atomic E-state index is 13.0. The Hall–Kier alpha value is -3.59. The van der Waals surface area contributed by atoms with Crippen LogP contribution in [0.4, 0.5) is 0 Å². The van der Waals surface area contributed by atoms with Crippen LogP contribution < -0.4 is 20.6 Å². The number of carbonyl (C=O) groups is 2. The molecule has 2 aromatic rings. The minimum Gasteiger partial charge on any atom is -0.481 e. The first-order chi connectivity index (χ1) is 14.6. The van der Waals surface area contributed by atoms with Crippen LogP contribution in [-0.4, -0.2) is 39.5 Å². The van der Waals surface area contributed by atoms with E-state index in [1.54, 1.807) is 35.4 Å². The number of carboxylic acids is 1. The van der Waals surface area contributed by atoms with Crippen LogP contribution >= 0.6 is 11.8 Å². The van der Waals surface area contributed by atoms with Crippen molar-refractivity contribution < 1.29 is 19.4 Å². The Labute approximate surface area is 176 Å². The van der Waals surface area contributed by atoms with Crippen molar-refractivity contribution in [3.63, 3.8) is 0 Å². The van der Waals surface area contributed by atoms with E-state index in [-0.39, 0.29) is 5.91 Å². The third kappa shape index (κ3) is 3.79. The summed E-state index contributed by atoms with van der Waals surface area (Å²) in [5.41, 5.74) is 0.985. The summed E-state index contributed by atoms with van der Waals surface area (Å²) < 4.78 is 5.48. The van der Waals surface area contributed by atoms with Gasteiger partial charge in [0.15, 0.2) is 17.9 Å². The predicted molar refractivity (Wildman–Crippen MR) is 113 cm³/mol. The highest BCUT2D eigenvalue weighted by molar-refractivity contribution is 8.14. The fraction of sp³-hybridized carbons (Fsp3) is 0.143. The first-order valence-corrected chi connectivity index (χ1v) is 10.1. The van der Waals surface area contributed by atoms with Crippen LogP contribution in [0.25, 0.3) is 5.70 Å². The molecule has 0 bridgehead atoms. The molecule has 152 valence electrons. The molecule has 2 N–H and O–H groups in total. The Morgan fingerprint density at radius 3 is 2.83 bits per heavy atom. The van der Waals surface area contributed by atoms with Crippen molar-refractivity contribution in [1.82, 2.24) is 10.3 Å². The van der Waals surface area contributed by atoms with Gasteiger partial charge in [-0.1, -0.05) is 54.2 Å². The normalized spacial score (nSPS) is 17.1. The van der Waals surface area contributed by atoms with Gasteiger partial charge < -0.3 is 9.84 Å². The van der Waals surface area contributed by atoms with Crippen LogP contribution in [0.1, 0.15) is 11.7 Å². The summed E-state index contributed by atoms with van der Waals surface area (Å²) in [7, 11) is 0. The number of amides is 1. The number of carbonyl (C=O) groups excluding carboxylic acids is 1. The van der Waals surface area contributed by atoms with E-state index in [9.17, 15) is 9.59 Å². The van der Waals surface area contributed by atoms with Gasteiger partial charge in [0.25, 0.3) is 5.91 Å². The summed E-state index contributed by atoms with van der Waals surface area (Å²) >= 11 is 1.35. The molecule has 0 radical (unpaired) electrons. The molecule has 0 fully saturated rings. The summed E-state index contributed by atoms with van der Waals surface area (Å²) in [4.78, 5) is 28.8. The first-order valence-electron chi connectivity index (χ1n) is 9.12. The Kier molecular flexibility index (Phi) is 5.53. The number of carboxylic acid groups (broad SMARTS) is 1. The second-order valence-electron chi connectivity index (χ2n) is 6.39. The number of hydrazone groups is 1. The zero-order chi connectivity index (χ0) is 21.1. The largest absolute Gasteiger partial charge is 0.481 e. The van der Waals surface area contributed by atoms with Crippen molar-refractivity contribution in [2.24, 2.45) is 10.1 Å². The zero-order valence-electron chi connectivity index (χ0n) is 15.8. The number of nitrogens with zero attached hydrogens (tertiary/aromatic N) is 3. The van der Waals surface area contributed by atoms with Gasteiger partial charge in [0.05, 0.1) is 5.36 Å². The molecule has 0 spiro atoms. The van der Waals surface area contributed by atoms with E-state index in [0.29, 0.717) is 38.5 Å². The molecule has 8 nitrogen and oxygen atoms in total. The van der Waals surface area contributed by atoms with E-state index in [1.807, 2.05) is 24.3 Å². The summed E-state index contributed by atoms with van der Waals surface area (Å²) in [6.45, 7) is 3.21. The number of thioether (sulfide) groups is 1. The Morgan fingerprint density at radius 2 is 2.03 bits per heavy atom. The second kappa shape index (κ2) is 8.42. The molecule has 1 amide bonds. The number of rotatable bonds is 6. The topological polar surface area (TPSA) is 104 Å². The standard InChI is InChI=1S/C21H18N4O4S/c1-2-11-30-21-23-20(28)18-13-7-3-5-9-15(13)22-19(25(18)24-21)14-8-4-6-10-16(14)29-12-17(26)27/h2-10,19H,1,11-12H2,(H,26,27)(H,23,24,28). The highest BCUT2D eigenvalue weighted by Gasteiger charge is 2.35. The molecule has 0 aromatic heterocycles. The van der Waals surface area contributed by atoms with Crippen LogP contribution in [0.2, 0.25) is 0 Å². The zero-order valence-corrected chi connectivity index (χ0v) is 16.6. The second-order valence-corrected chi connectivity index (χ2v) is 7.40. The number of benzene rings is 2. The lowest BCUT2D eigenvalue weighted by atomic mass is 10.1. The van der Waals surface area contributed by atoms with Gasteiger partial charge in [0.1, 0.15) is 11.4 Å². The molecule has 4 rings (SSSR count). The summed E-state index contributed by atoms with van der Waals surface area (Å²) in [5, 5.41) is 19.7. The number of hydrogen-bond donors (Lipinski definition) is 2. The van der Waals surface area contributed by atoms with Gasteiger partial charge in [-0.05, 0) is 12.1 Å². The van der Waals surface area contributed by atoms with Gasteiger partial charge >= 0.3 is 5.97 Å². The third-order valence-corrected chi connectivity index (χ3v) is 5.26. The van der Waals surface area contributed by atoms with Crippen molar-refractivity contribution in [3.8, 4) is 5.75 Å². The van der Waals surface area contributed by atoms with Crippen LogP contribution in [0.15, 0.2) is 71.3 Å². The van der Waals surface area contributed by atoms with Crippen molar-refractivity contribution in [1.29, 1.82) is 0 Å². The SMILES string of the molecule is C=CCSC1=NN2C(=c3ccccc3=NC2c2ccccc2OCC(=O)O)C(=O)N1. The summed E-state index contributed by atoms with van der Waals surface area (Å²) in [6, 6.07) is 14.3. The summed E-state index contributed by atoms with van der Waals surface area (Å²) in [6.07, 6.45) is 1.03. The highest BCUT2D eigenvalue weighted by Crippen LogP contribution is 2.35. The van der Waals surface area contributed by atoms with Gasteiger partial charge in [-0.2, -0.15) is 0 Å². The van der Waals surface area contributed by atoms with Crippen molar-refractivity contribution in [3.05, 3.63) is 77.3 Å². The Bertz CT molecular complexity index is 1180. The Balaban J connectivity index is 1.87. The lowest BCUT2D eigenvalue weighted by molar-refractivity contribution is -0.139. The molecular formula is C21H18N4O4S. The molecule has 2 heterocycles. The average Bonchev–Trinajstić information content (AvgIpc) is 2.75. The summed E-state index contributed by atoms with van der Waals surface area (Å²) in [5.74, 6) is -0.415. The molecule has 2 aromatic carbocycles. The van der Waals surface area contributed by atoms with Crippen LogP contribution in [0.5, 0.6) is 5.75 Å². The lowest BCUT2D eigenvalue weighted by Gasteiger charge is -2.34. The van der Waals surface area contributed by atoms with E-state index in [0.717, 1.165) is 0 Å². The van der Waals surface area contributed by atoms with E-state index in [1.165, 1.54) is 11.8 Å². The van der Waals surface area contributed by atoms with E-state index in [4.69, 9.17) is 14.8 Å². The van der Waals surface area contributed by atoms with Crippen LogP contribution in [-0.2, 0) is 9.59 Å². The van der Waals surface area contributed by atoms with Gasteiger partial charge in [-0.25, -0.2) is 9.80 Å². The average molecular weight is 422 g/mol. The molecule has 30 heavy (non-hydrogen) atoms. The van der Waals surface area contributed by atoms with Gasteiger partial charge in [-0.15, -0.1) is 11.7 Å². The number of fused-ring (bicyclic) bond motifs is 2. The minimum atomic E-state index is -1.08. The fourth-order valence-corrected chi connectivity index (χ4v) is 3.78. The number of amidine groups is 1. The maximum atomic E-state index is 13.0. The maximum Gasteiger partial charge on any atom is 0.341 e. The van der Waals surface area contributed by atoms with Crippen LogP contribution in [0, 0.1) is 0 Å². The van der Waals surface area contributed by atoms with E-state index >= 15 is 0 Å². The number of hydrogen-bond acceptors (Lipinski definition) is 7. The monoisotopic (exact) mass is 422 g/mol.